The van der Waals surface area contributed by atoms with E-state index < -0.39 is 5.91 Å². The minimum absolute atomic E-state index is 0.424. The standard InChI is InChI=1S/C13H13N3O.C4H8.C2H6/c14-13(17)10-5-7-11(8-6-10)16-12-4-2-1-3-9-15-12;1-4-2-3-4;1-2/h1,3-9,16H,2H2,(H2,14,17);4H,2-3H2,1H3;1-2H3. The molecular formula is C19H27N3O. The molecule has 0 spiro atoms. The van der Waals surface area contributed by atoms with Gasteiger partial charge in [0.05, 0.1) is 0 Å². The quantitative estimate of drug-likeness (QED) is 0.862. The number of carbonyl (C=O) groups excluding carboxylic acids is 1. The van der Waals surface area contributed by atoms with Crippen molar-refractivity contribution in [2.45, 2.75) is 40.0 Å². The van der Waals surface area contributed by atoms with Crippen LogP contribution in [0.5, 0.6) is 0 Å². The Morgan fingerprint density at radius 3 is 2.35 bits per heavy atom. The second kappa shape index (κ2) is 10.4. The lowest BCUT2D eigenvalue weighted by Gasteiger charge is -2.06. The number of hydrogen-bond donors (Lipinski definition) is 2. The Hall–Kier alpha value is -2.36. The van der Waals surface area contributed by atoms with Gasteiger partial charge in [0, 0.05) is 17.5 Å². The van der Waals surface area contributed by atoms with E-state index in [0.29, 0.717) is 5.56 Å². The molecule has 4 nitrogen and oxygen atoms in total. The Kier molecular flexibility index (Phi) is 8.43. The zero-order chi connectivity index (χ0) is 17.1. The van der Waals surface area contributed by atoms with E-state index in [2.05, 4.69) is 17.2 Å². The Morgan fingerprint density at radius 1 is 1.22 bits per heavy atom. The minimum Gasteiger partial charge on any atom is -0.366 e. The number of anilines is 1. The van der Waals surface area contributed by atoms with Gasteiger partial charge < -0.3 is 11.1 Å². The predicted octanol–water partition coefficient (Wildman–Crippen LogP) is 4.51. The summed E-state index contributed by atoms with van der Waals surface area (Å²) < 4.78 is 0. The maximum atomic E-state index is 10.9. The first kappa shape index (κ1) is 18.7. The third-order valence-electron chi connectivity index (χ3n) is 3.19. The van der Waals surface area contributed by atoms with Crippen LogP contribution in [-0.2, 0) is 0 Å². The number of benzene rings is 1. The number of primary amides is 1. The third kappa shape index (κ3) is 8.00. The van der Waals surface area contributed by atoms with Crippen LogP contribution in [0, 0.1) is 5.92 Å². The number of nitrogens with zero attached hydrogens (tertiary/aromatic N) is 1. The van der Waals surface area contributed by atoms with Crippen LogP contribution in [0.4, 0.5) is 5.69 Å². The second-order valence-corrected chi connectivity index (χ2v) is 5.28. The molecule has 1 amide bonds. The third-order valence-corrected chi connectivity index (χ3v) is 3.19. The van der Waals surface area contributed by atoms with Gasteiger partial charge in [-0.1, -0.05) is 39.7 Å². The molecule has 0 unspecified atom stereocenters. The number of hydrogen-bond acceptors (Lipinski definition) is 3. The van der Waals surface area contributed by atoms with E-state index in [1.165, 1.54) is 12.8 Å². The maximum Gasteiger partial charge on any atom is 0.248 e. The lowest BCUT2D eigenvalue weighted by molar-refractivity contribution is 0.100. The smallest absolute Gasteiger partial charge is 0.248 e. The van der Waals surface area contributed by atoms with Crippen LogP contribution in [0.2, 0.25) is 0 Å². The summed E-state index contributed by atoms with van der Waals surface area (Å²) in [5, 5.41) is 3.16. The zero-order valence-corrected chi connectivity index (χ0v) is 14.3. The highest BCUT2D eigenvalue weighted by atomic mass is 16.1. The summed E-state index contributed by atoms with van der Waals surface area (Å²) >= 11 is 0. The Morgan fingerprint density at radius 2 is 1.83 bits per heavy atom. The van der Waals surface area contributed by atoms with Crippen molar-refractivity contribution in [1.29, 1.82) is 0 Å². The van der Waals surface area contributed by atoms with Crippen molar-refractivity contribution in [3.63, 3.8) is 0 Å². The largest absolute Gasteiger partial charge is 0.366 e. The molecule has 0 saturated heterocycles. The van der Waals surface area contributed by atoms with Crippen molar-refractivity contribution >= 4 is 17.8 Å². The number of nitrogens with one attached hydrogen (secondary N) is 1. The van der Waals surface area contributed by atoms with Gasteiger partial charge in [-0.3, -0.25) is 4.79 Å². The van der Waals surface area contributed by atoms with E-state index in [1.807, 2.05) is 32.1 Å². The van der Waals surface area contributed by atoms with Gasteiger partial charge >= 0.3 is 0 Å². The van der Waals surface area contributed by atoms with E-state index in [9.17, 15) is 4.79 Å². The molecule has 1 fully saturated rings. The average Bonchev–Trinajstić information content (AvgIpc) is 3.38. The van der Waals surface area contributed by atoms with Crippen molar-refractivity contribution in [2.75, 3.05) is 5.32 Å². The van der Waals surface area contributed by atoms with Gasteiger partial charge in [0.1, 0.15) is 5.82 Å². The summed E-state index contributed by atoms with van der Waals surface area (Å²) in [6.07, 6.45) is 11.5. The van der Waals surface area contributed by atoms with Gasteiger partial charge in [0.25, 0.3) is 0 Å². The van der Waals surface area contributed by atoms with Crippen molar-refractivity contribution in [1.82, 2.24) is 0 Å². The van der Waals surface area contributed by atoms with E-state index in [0.717, 1.165) is 23.8 Å². The molecule has 1 aromatic rings. The summed E-state index contributed by atoms with van der Waals surface area (Å²) in [4.78, 5) is 15.1. The molecule has 0 radical (unpaired) electrons. The first-order valence-corrected chi connectivity index (χ1v) is 8.21. The summed E-state index contributed by atoms with van der Waals surface area (Å²) in [6.45, 7) is 6.28. The molecule has 0 atom stereocenters. The van der Waals surface area contributed by atoms with Crippen LogP contribution in [0.15, 0.2) is 53.3 Å². The van der Waals surface area contributed by atoms with E-state index >= 15 is 0 Å². The summed E-state index contributed by atoms with van der Waals surface area (Å²) in [5.74, 6) is 1.45. The highest BCUT2D eigenvalue weighted by Gasteiger charge is 2.12. The second-order valence-electron chi connectivity index (χ2n) is 5.28. The molecule has 1 aliphatic carbocycles. The first-order valence-electron chi connectivity index (χ1n) is 8.21. The van der Waals surface area contributed by atoms with Gasteiger partial charge in [0.15, 0.2) is 0 Å². The number of rotatable bonds is 3. The van der Waals surface area contributed by atoms with E-state index in [-0.39, 0.29) is 0 Å². The van der Waals surface area contributed by atoms with Crippen molar-refractivity contribution in [3.8, 4) is 0 Å². The van der Waals surface area contributed by atoms with Crippen LogP contribution in [0.25, 0.3) is 0 Å². The average molecular weight is 313 g/mol. The number of carbonyl (C=O) groups is 1. The molecule has 2 aliphatic rings. The fourth-order valence-corrected chi connectivity index (χ4v) is 1.61. The molecule has 124 valence electrons. The van der Waals surface area contributed by atoms with Gasteiger partial charge in [0.2, 0.25) is 5.91 Å². The molecule has 1 aliphatic heterocycles. The monoisotopic (exact) mass is 313 g/mol. The highest BCUT2D eigenvalue weighted by molar-refractivity contribution is 5.93. The van der Waals surface area contributed by atoms with Gasteiger partial charge in [-0.15, -0.1) is 0 Å². The topological polar surface area (TPSA) is 67.5 Å². The van der Waals surface area contributed by atoms with Gasteiger partial charge in [-0.25, -0.2) is 4.99 Å². The van der Waals surface area contributed by atoms with Crippen LogP contribution in [0.1, 0.15) is 50.4 Å². The van der Waals surface area contributed by atoms with Crippen molar-refractivity contribution < 1.29 is 4.79 Å². The SMILES string of the molecule is CC.CC1CC1.NC(=O)c1ccc(NC2=CCC=CC=N2)cc1. The van der Waals surface area contributed by atoms with E-state index in [1.54, 1.807) is 30.5 Å². The van der Waals surface area contributed by atoms with Crippen LogP contribution in [-0.4, -0.2) is 12.1 Å². The molecule has 23 heavy (non-hydrogen) atoms. The normalized spacial score (nSPS) is 15.2. The molecule has 4 heteroatoms. The molecular weight excluding hydrogens is 286 g/mol. The van der Waals surface area contributed by atoms with Crippen LogP contribution < -0.4 is 11.1 Å². The lowest BCUT2D eigenvalue weighted by atomic mass is 10.2. The maximum absolute atomic E-state index is 10.9. The van der Waals surface area contributed by atoms with Crippen LogP contribution in [0.3, 0.4) is 0 Å². The number of allylic oxidation sites excluding steroid dienone is 3. The fraction of sp³-hybridized carbons (Fsp3) is 0.368. The summed E-state index contributed by atoms with van der Waals surface area (Å²) in [5.41, 5.74) is 6.54. The predicted molar refractivity (Wildman–Crippen MR) is 98.7 cm³/mol. The molecule has 0 bridgehead atoms. The number of nitrogens with two attached hydrogens (primary N) is 1. The van der Waals surface area contributed by atoms with Crippen molar-refractivity contribution in [3.05, 3.63) is 53.9 Å². The summed E-state index contributed by atoms with van der Waals surface area (Å²) in [7, 11) is 0. The molecule has 1 saturated carbocycles. The van der Waals surface area contributed by atoms with Gasteiger partial charge in [-0.05, 0) is 48.8 Å². The summed E-state index contributed by atoms with van der Waals surface area (Å²) in [6, 6.07) is 6.97. The Labute approximate surface area is 139 Å². The first-order chi connectivity index (χ1) is 11.1. The molecule has 0 aromatic heterocycles. The minimum atomic E-state index is -0.424. The molecule has 1 aromatic carbocycles. The number of aliphatic imine (C=N–C) groups is 1. The molecule has 3 N–H and O–H groups in total. The lowest BCUT2D eigenvalue weighted by Crippen LogP contribution is -2.10. The fourth-order valence-electron chi connectivity index (χ4n) is 1.61. The Balaban J connectivity index is 0.000000375. The highest BCUT2D eigenvalue weighted by Crippen LogP contribution is 2.26. The zero-order valence-electron chi connectivity index (χ0n) is 14.3. The Bertz CT molecular complexity index is 567. The molecule has 3 rings (SSSR count). The van der Waals surface area contributed by atoms with Crippen LogP contribution >= 0.6 is 0 Å². The van der Waals surface area contributed by atoms with E-state index in [4.69, 9.17) is 5.73 Å². The molecule has 1 heterocycles. The number of amides is 1. The van der Waals surface area contributed by atoms with Crippen molar-refractivity contribution in [2.24, 2.45) is 16.6 Å². The van der Waals surface area contributed by atoms with Gasteiger partial charge in [-0.2, -0.15) is 0 Å².